The Balaban J connectivity index is 1.92. The van der Waals surface area contributed by atoms with E-state index in [4.69, 9.17) is 0 Å². The number of thiophene rings is 1. The number of rotatable bonds is 5. The standard InChI is InChI=1S/C15H25NS/c1-2-16-15(14-9-10-17-12-14)11-13-7-5-3-4-6-8-13/h9-10,12-13,15-16H,2-8,11H2,1H3. The Labute approximate surface area is 110 Å². The van der Waals surface area contributed by atoms with Gasteiger partial charge in [-0.25, -0.2) is 0 Å². The molecule has 17 heavy (non-hydrogen) atoms. The smallest absolute Gasteiger partial charge is 0.0331 e. The van der Waals surface area contributed by atoms with Crippen molar-refractivity contribution >= 4 is 11.3 Å². The Hall–Kier alpha value is -0.340. The molecular weight excluding hydrogens is 226 g/mol. The molecular formula is C15H25NS. The predicted octanol–water partition coefficient (Wildman–Crippen LogP) is 4.76. The zero-order chi connectivity index (χ0) is 11.9. The molecule has 1 fully saturated rings. The van der Waals surface area contributed by atoms with Gasteiger partial charge in [0.05, 0.1) is 0 Å². The highest BCUT2D eigenvalue weighted by atomic mass is 32.1. The SMILES string of the molecule is CCNC(CC1CCCCCC1)c1ccsc1. The van der Waals surface area contributed by atoms with Gasteiger partial charge >= 0.3 is 0 Å². The second kappa shape index (κ2) is 7.17. The summed E-state index contributed by atoms with van der Waals surface area (Å²) >= 11 is 1.82. The van der Waals surface area contributed by atoms with E-state index in [1.165, 1.54) is 50.5 Å². The zero-order valence-electron chi connectivity index (χ0n) is 11.0. The van der Waals surface area contributed by atoms with Crippen molar-refractivity contribution in [3.63, 3.8) is 0 Å². The highest BCUT2D eigenvalue weighted by Crippen LogP contribution is 2.31. The minimum Gasteiger partial charge on any atom is -0.310 e. The van der Waals surface area contributed by atoms with Crippen LogP contribution in [0.1, 0.15) is 63.5 Å². The van der Waals surface area contributed by atoms with Gasteiger partial charge in [0.2, 0.25) is 0 Å². The van der Waals surface area contributed by atoms with Crippen molar-refractivity contribution < 1.29 is 0 Å². The van der Waals surface area contributed by atoms with Gasteiger partial charge in [0.25, 0.3) is 0 Å². The molecule has 0 spiro atoms. The third-order valence-electron chi connectivity index (χ3n) is 3.94. The van der Waals surface area contributed by atoms with E-state index in [9.17, 15) is 0 Å². The summed E-state index contributed by atoms with van der Waals surface area (Å²) in [6, 6.07) is 2.88. The van der Waals surface area contributed by atoms with Crippen molar-refractivity contribution in [1.29, 1.82) is 0 Å². The van der Waals surface area contributed by atoms with Crippen LogP contribution in [0.3, 0.4) is 0 Å². The largest absolute Gasteiger partial charge is 0.310 e. The van der Waals surface area contributed by atoms with Crippen molar-refractivity contribution in [2.45, 2.75) is 57.9 Å². The fourth-order valence-electron chi connectivity index (χ4n) is 2.99. The van der Waals surface area contributed by atoms with E-state index in [1.54, 1.807) is 0 Å². The van der Waals surface area contributed by atoms with Crippen LogP contribution in [0.2, 0.25) is 0 Å². The highest BCUT2D eigenvalue weighted by molar-refractivity contribution is 7.07. The van der Waals surface area contributed by atoms with Crippen molar-refractivity contribution in [3.05, 3.63) is 22.4 Å². The van der Waals surface area contributed by atoms with Crippen LogP contribution in [0.5, 0.6) is 0 Å². The summed E-state index contributed by atoms with van der Waals surface area (Å²) in [6.07, 6.45) is 10.1. The molecule has 1 atom stereocenters. The average Bonchev–Trinajstić information content (AvgIpc) is 2.75. The Morgan fingerprint density at radius 2 is 2.06 bits per heavy atom. The summed E-state index contributed by atoms with van der Waals surface area (Å²) in [5.41, 5.74) is 1.50. The van der Waals surface area contributed by atoms with Crippen molar-refractivity contribution in [2.24, 2.45) is 5.92 Å². The second-order valence-electron chi connectivity index (χ2n) is 5.26. The molecule has 1 aliphatic carbocycles. The molecule has 1 aromatic rings. The van der Waals surface area contributed by atoms with Crippen molar-refractivity contribution in [2.75, 3.05) is 6.54 Å². The van der Waals surface area contributed by atoms with Crippen LogP contribution in [-0.2, 0) is 0 Å². The monoisotopic (exact) mass is 251 g/mol. The van der Waals surface area contributed by atoms with Crippen LogP contribution in [0, 0.1) is 5.92 Å². The maximum Gasteiger partial charge on any atom is 0.0331 e. The molecule has 1 heterocycles. The summed E-state index contributed by atoms with van der Waals surface area (Å²) < 4.78 is 0. The molecule has 1 saturated carbocycles. The van der Waals surface area contributed by atoms with Crippen molar-refractivity contribution in [1.82, 2.24) is 5.32 Å². The molecule has 1 aliphatic rings. The average molecular weight is 251 g/mol. The maximum atomic E-state index is 3.66. The molecule has 0 saturated heterocycles. The van der Waals surface area contributed by atoms with Gasteiger partial charge in [-0.1, -0.05) is 45.4 Å². The lowest BCUT2D eigenvalue weighted by molar-refractivity contribution is 0.360. The van der Waals surface area contributed by atoms with E-state index in [2.05, 4.69) is 29.1 Å². The predicted molar refractivity (Wildman–Crippen MR) is 76.5 cm³/mol. The first-order valence-corrected chi connectivity index (χ1v) is 8.10. The molecule has 0 amide bonds. The quantitative estimate of drug-likeness (QED) is 0.744. The number of hydrogen-bond donors (Lipinski definition) is 1. The number of hydrogen-bond acceptors (Lipinski definition) is 2. The minimum atomic E-state index is 0.592. The molecule has 0 aromatic carbocycles. The number of nitrogens with one attached hydrogen (secondary N) is 1. The van der Waals surface area contributed by atoms with Crippen LogP contribution < -0.4 is 5.32 Å². The molecule has 96 valence electrons. The lowest BCUT2D eigenvalue weighted by Gasteiger charge is -2.22. The first kappa shape index (κ1) is 13.1. The molecule has 1 nitrogen and oxygen atoms in total. The van der Waals surface area contributed by atoms with Gasteiger partial charge in [0.15, 0.2) is 0 Å². The van der Waals surface area contributed by atoms with Crippen LogP contribution >= 0.6 is 11.3 Å². The summed E-state index contributed by atoms with van der Waals surface area (Å²) in [5.74, 6) is 0.946. The topological polar surface area (TPSA) is 12.0 Å². The maximum absolute atomic E-state index is 3.66. The van der Waals surface area contributed by atoms with Crippen molar-refractivity contribution in [3.8, 4) is 0 Å². The first-order valence-electron chi connectivity index (χ1n) is 7.15. The van der Waals surface area contributed by atoms with E-state index in [-0.39, 0.29) is 0 Å². The Morgan fingerprint density at radius 1 is 1.29 bits per heavy atom. The molecule has 1 aromatic heterocycles. The Morgan fingerprint density at radius 3 is 2.65 bits per heavy atom. The second-order valence-corrected chi connectivity index (χ2v) is 6.04. The summed E-state index contributed by atoms with van der Waals surface area (Å²) in [6.45, 7) is 3.29. The lowest BCUT2D eigenvalue weighted by atomic mass is 9.90. The van der Waals surface area contributed by atoms with E-state index < -0.39 is 0 Å². The third-order valence-corrected chi connectivity index (χ3v) is 4.64. The molecule has 1 N–H and O–H groups in total. The summed E-state index contributed by atoms with van der Waals surface area (Å²) in [4.78, 5) is 0. The summed E-state index contributed by atoms with van der Waals surface area (Å²) in [7, 11) is 0. The Bertz CT molecular complexity index is 286. The Kier molecular flexibility index (Phi) is 5.53. The van der Waals surface area contributed by atoms with Crippen LogP contribution in [0.4, 0.5) is 0 Å². The molecule has 1 unspecified atom stereocenters. The van der Waals surface area contributed by atoms with E-state index >= 15 is 0 Å². The van der Waals surface area contributed by atoms with Gasteiger partial charge in [-0.05, 0) is 41.3 Å². The normalized spacial score (nSPS) is 20.1. The molecule has 2 heteroatoms. The van der Waals surface area contributed by atoms with E-state index in [0.717, 1.165) is 12.5 Å². The van der Waals surface area contributed by atoms with Gasteiger partial charge in [-0.15, -0.1) is 0 Å². The van der Waals surface area contributed by atoms with Gasteiger partial charge in [0.1, 0.15) is 0 Å². The lowest BCUT2D eigenvalue weighted by Crippen LogP contribution is -2.23. The molecule has 2 rings (SSSR count). The molecule has 0 radical (unpaired) electrons. The van der Waals surface area contributed by atoms with Gasteiger partial charge in [0, 0.05) is 6.04 Å². The fourth-order valence-corrected chi connectivity index (χ4v) is 3.70. The fraction of sp³-hybridized carbons (Fsp3) is 0.733. The molecule has 0 aliphatic heterocycles. The van der Waals surface area contributed by atoms with E-state index in [0.29, 0.717) is 6.04 Å². The minimum absolute atomic E-state index is 0.592. The third kappa shape index (κ3) is 4.11. The zero-order valence-corrected chi connectivity index (χ0v) is 11.8. The van der Waals surface area contributed by atoms with Crippen LogP contribution in [0.25, 0.3) is 0 Å². The van der Waals surface area contributed by atoms with Crippen LogP contribution in [-0.4, -0.2) is 6.54 Å². The molecule has 0 bridgehead atoms. The summed E-state index contributed by atoms with van der Waals surface area (Å²) in [5, 5.41) is 8.17. The van der Waals surface area contributed by atoms with Gasteiger partial charge in [-0.3, -0.25) is 0 Å². The van der Waals surface area contributed by atoms with Crippen LogP contribution in [0.15, 0.2) is 16.8 Å². The van der Waals surface area contributed by atoms with E-state index in [1.807, 2.05) is 11.3 Å². The van der Waals surface area contributed by atoms with Gasteiger partial charge < -0.3 is 5.32 Å². The van der Waals surface area contributed by atoms with Gasteiger partial charge in [-0.2, -0.15) is 11.3 Å². The highest BCUT2D eigenvalue weighted by Gasteiger charge is 2.18. The first-order chi connectivity index (χ1) is 8.40.